The quantitative estimate of drug-likeness (QED) is 0.336. The smallest absolute Gasteiger partial charge is 0.222 e. The maximum absolute atomic E-state index is 12.1. The van der Waals surface area contributed by atoms with Crippen molar-refractivity contribution in [1.29, 1.82) is 0 Å². The third-order valence-corrected chi connectivity index (χ3v) is 5.60. The summed E-state index contributed by atoms with van der Waals surface area (Å²) in [7, 11) is 0. The Morgan fingerprint density at radius 3 is 1.88 bits per heavy atom. The summed E-state index contributed by atoms with van der Waals surface area (Å²) < 4.78 is 0. The standard InChI is InChI=1S/C23H46N2O/c1-4-5-6-7-8-9-10-11-12-13-14-15-16-19-25-20-22(24-21(2)3)17-18-23(25)26/h21-22,24H,4-20H2,1-3H3/t22-/m0/s1. The molecule has 154 valence electrons. The number of unbranched alkanes of at least 4 members (excludes halogenated alkanes) is 12. The van der Waals surface area contributed by atoms with E-state index in [2.05, 4.69) is 31.0 Å². The highest BCUT2D eigenvalue weighted by atomic mass is 16.2. The topological polar surface area (TPSA) is 32.3 Å². The van der Waals surface area contributed by atoms with Crippen LogP contribution in [0.3, 0.4) is 0 Å². The van der Waals surface area contributed by atoms with Crippen molar-refractivity contribution in [3.05, 3.63) is 0 Å². The molecule has 0 saturated carbocycles. The van der Waals surface area contributed by atoms with Gasteiger partial charge in [0, 0.05) is 31.6 Å². The van der Waals surface area contributed by atoms with Gasteiger partial charge in [-0.1, -0.05) is 97.8 Å². The van der Waals surface area contributed by atoms with Crippen LogP contribution in [0.25, 0.3) is 0 Å². The molecular formula is C23H46N2O. The summed E-state index contributed by atoms with van der Waals surface area (Å²) in [6.07, 6.45) is 19.7. The van der Waals surface area contributed by atoms with Crippen molar-refractivity contribution in [3.8, 4) is 0 Å². The largest absolute Gasteiger partial charge is 0.341 e. The second-order valence-electron chi connectivity index (χ2n) is 8.64. The van der Waals surface area contributed by atoms with E-state index < -0.39 is 0 Å². The van der Waals surface area contributed by atoms with Crippen LogP contribution in [0.1, 0.15) is 117 Å². The van der Waals surface area contributed by atoms with E-state index in [0.717, 1.165) is 25.9 Å². The Morgan fingerprint density at radius 2 is 1.38 bits per heavy atom. The molecule has 0 bridgehead atoms. The van der Waals surface area contributed by atoms with E-state index in [4.69, 9.17) is 0 Å². The van der Waals surface area contributed by atoms with E-state index in [0.29, 0.717) is 18.0 Å². The molecule has 0 aliphatic carbocycles. The fourth-order valence-corrected chi connectivity index (χ4v) is 4.06. The minimum atomic E-state index is 0.366. The van der Waals surface area contributed by atoms with Crippen LogP contribution in [0, 0.1) is 0 Å². The Bertz CT molecular complexity index is 343. The number of hydrogen-bond donors (Lipinski definition) is 1. The minimum absolute atomic E-state index is 0.366. The van der Waals surface area contributed by atoms with Crippen LogP contribution in [0.4, 0.5) is 0 Å². The van der Waals surface area contributed by atoms with Gasteiger partial charge in [0.2, 0.25) is 5.91 Å². The first-order valence-electron chi connectivity index (χ1n) is 11.7. The summed E-state index contributed by atoms with van der Waals surface area (Å²) in [6, 6.07) is 1.00. The lowest BCUT2D eigenvalue weighted by atomic mass is 10.0. The highest BCUT2D eigenvalue weighted by Crippen LogP contribution is 2.15. The van der Waals surface area contributed by atoms with Crippen LogP contribution >= 0.6 is 0 Å². The predicted octanol–water partition coefficient (Wildman–Crippen LogP) is 6.07. The molecule has 1 atom stereocenters. The van der Waals surface area contributed by atoms with Gasteiger partial charge in [-0.3, -0.25) is 4.79 Å². The minimum Gasteiger partial charge on any atom is -0.341 e. The number of nitrogens with zero attached hydrogens (tertiary/aromatic N) is 1. The molecule has 1 rings (SSSR count). The van der Waals surface area contributed by atoms with E-state index in [9.17, 15) is 4.79 Å². The Labute approximate surface area is 163 Å². The Morgan fingerprint density at radius 1 is 0.885 bits per heavy atom. The van der Waals surface area contributed by atoms with Crippen LogP contribution in [0.15, 0.2) is 0 Å². The zero-order valence-electron chi connectivity index (χ0n) is 18.0. The molecule has 1 heterocycles. The Kier molecular flexibility index (Phi) is 14.0. The predicted molar refractivity (Wildman–Crippen MR) is 114 cm³/mol. The summed E-state index contributed by atoms with van der Waals surface area (Å²) in [4.78, 5) is 14.2. The van der Waals surface area contributed by atoms with Gasteiger partial charge >= 0.3 is 0 Å². The Balaban J connectivity index is 1.91. The second-order valence-corrected chi connectivity index (χ2v) is 8.64. The van der Waals surface area contributed by atoms with Crippen LogP contribution in [0.5, 0.6) is 0 Å². The molecule has 0 spiro atoms. The first kappa shape index (κ1) is 23.5. The van der Waals surface area contributed by atoms with Crippen molar-refractivity contribution >= 4 is 5.91 Å². The highest BCUT2D eigenvalue weighted by molar-refractivity contribution is 5.77. The van der Waals surface area contributed by atoms with Crippen molar-refractivity contribution in [2.24, 2.45) is 0 Å². The zero-order chi connectivity index (χ0) is 19.0. The molecule has 1 aliphatic heterocycles. The molecule has 26 heavy (non-hydrogen) atoms. The highest BCUT2D eigenvalue weighted by Gasteiger charge is 2.25. The van der Waals surface area contributed by atoms with E-state index in [1.165, 1.54) is 83.5 Å². The van der Waals surface area contributed by atoms with Gasteiger partial charge in [0.05, 0.1) is 0 Å². The molecular weight excluding hydrogens is 320 g/mol. The van der Waals surface area contributed by atoms with Crippen molar-refractivity contribution < 1.29 is 4.79 Å². The number of carbonyl (C=O) groups is 1. The van der Waals surface area contributed by atoms with E-state index in [-0.39, 0.29) is 0 Å². The average Bonchev–Trinajstić information content (AvgIpc) is 2.61. The SMILES string of the molecule is CCCCCCCCCCCCCCCN1C[C@@H](NC(C)C)CCC1=O. The summed E-state index contributed by atoms with van der Waals surface area (Å²) in [6.45, 7) is 8.54. The second kappa shape index (κ2) is 15.5. The lowest BCUT2D eigenvalue weighted by Crippen LogP contribution is -2.50. The van der Waals surface area contributed by atoms with Gasteiger partial charge in [0.15, 0.2) is 0 Å². The van der Waals surface area contributed by atoms with Crippen LogP contribution in [0.2, 0.25) is 0 Å². The number of hydrogen-bond acceptors (Lipinski definition) is 2. The number of carbonyl (C=O) groups excluding carboxylic acids is 1. The van der Waals surface area contributed by atoms with Crippen molar-refractivity contribution in [1.82, 2.24) is 10.2 Å². The van der Waals surface area contributed by atoms with Crippen LogP contribution in [-0.2, 0) is 4.79 Å². The molecule has 0 aromatic heterocycles. The molecule has 0 unspecified atom stereocenters. The first-order chi connectivity index (χ1) is 12.6. The molecule has 1 saturated heterocycles. The van der Waals surface area contributed by atoms with Crippen molar-refractivity contribution in [3.63, 3.8) is 0 Å². The van der Waals surface area contributed by atoms with Gasteiger partial charge < -0.3 is 10.2 Å². The first-order valence-corrected chi connectivity index (χ1v) is 11.7. The van der Waals surface area contributed by atoms with Crippen LogP contribution in [-0.4, -0.2) is 36.0 Å². The summed E-state index contributed by atoms with van der Waals surface area (Å²) in [5.74, 6) is 0.366. The molecule has 3 heteroatoms. The van der Waals surface area contributed by atoms with E-state index in [1.54, 1.807) is 0 Å². The fraction of sp³-hybridized carbons (Fsp3) is 0.957. The summed E-state index contributed by atoms with van der Waals surface area (Å²) in [5, 5.41) is 3.59. The zero-order valence-corrected chi connectivity index (χ0v) is 18.0. The number of amides is 1. The maximum Gasteiger partial charge on any atom is 0.222 e. The van der Waals surface area contributed by atoms with E-state index in [1.807, 2.05) is 0 Å². The Hall–Kier alpha value is -0.570. The van der Waals surface area contributed by atoms with Gasteiger partial charge in [-0.25, -0.2) is 0 Å². The average molecular weight is 367 g/mol. The number of piperidine rings is 1. The molecule has 0 aromatic rings. The van der Waals surface area contributed by atoms with Gasteiger partial charge in [0.1, 0.15) is 0 Å². The van der Waals surface area contributed by atoms with Gasteiger partial charge in [0.25, 0.3) is 0 Å². The lowest BCUT2D eigenvalue weighted by Gasteiger charge is -2.34. The van der Waals surface area contributed by atoms with Gasteiger partial charge in [-0.15, -0.1) is 0 Å². The molecule has 1 amide bonds. The number of likely N-dealkylation sites (tertiary alicyclic amines) is 1. The monoisotopic (exact) mass is 366 g/mol. The number of nitrogens with one attached hydrogen (secondary N) is 1. The summed E-state index contributed by atoms with van der Waals surface area (Å²) in [5.41, 5.74) is 0. The normalized spacial score (nSPS) is 18.1. The molecule has 1 fully saturated rings. The fourth-order valence-electron chi connectivity index (χ4n) is 4.06. The summed E-state index contributed by atoms with van der Waals surface area (Å²) >= 11 is 0. The van der Waals surface area contributed by atoms with Crippen molar-refractivity contribution in [2.75, 3.05) is 13.1 Å². The lowest BCUT2D eigenvalue weighted by molar-refractivity contribution is -0.134. The third-order valence-electron chi connectivity index (χ3n) is 5.60. The van der Waals surface area contributed by atoms with E-state index >= 15 is 0 Å². The molecule has 3 nitrogen and oxygen atoms in total. The molecule has 0 radical (unpaired) electrons. The molecule has 0 aromatic carbocycles. The third kappa shape index (κ3) is 11.9. The van der Waals surface area contributed by atoms with Crippen LogP contribution < -0.4 is 5.32 Å². The van der Waals surface area contributed by atoms with Crippen molar-refractivity contribution in [2.45, 2.75) is 129 Å². The molecule has 1 aliphatic rings. The van der Waals surface area contributed by atoms with Gasteiger partial charge in [-0.05, 0) is 12.8 Å². The number of rotatable bonds is 16. The maximum atomic E-state index is 12.1. The van der Waals surface area contributed by atoms with Gasteiger partial charge in [-0.2, -0.15) is 0 Å². The molecule has 1 N–H and O–H groups in total.